The van der Waals surface area contributed by atoms with Crippen molar-refractivity contribution < 1.29 is 22.7 Å². The first-order valence-electron chi connectivity index (χ1n) is 9.84. The molecule has 1 N–H and O–H groups in total. The Labute approximate surface area is 167 Å². The van der Waals surface area contributed by atoms with Crippen LogP contribution in [0.2, 0.25) is 0 Å². The lowest BCUT2D eigenvalue weighted by Gasteiger charge is -2.20. The average molecular weight is 411 g/mol. The molecule has 1 saturated heterocycles. The quantitative estimate of drug-likeness (QED) is 0.664. The lowest BCUT2D eigenvalue weighted by molar-refractivity contribution is -0.147. The molecule has 2 rings (SSSR count). The summed E-state index contributed by atoms with van der Waals surface area (Å²) in [5, 5.41) is 2.53. The first-order valence-corrected chi connectivity index (χ1v) is 11.3. The highest BCUT2D eigenvalue weighted by molar-refractivity contribution is 7.89. The summed E-state index contributed by atoms with van der Waals surface area (Å²) in [6, 6.07) is 6.69. The Morgan fingerprint density at radius 1 is 1.07 bits per heavy atom. The van der Waals surface area contributed by atoms with Crippen LogP contribution < -0.4 is 5.32 Å². The monoisotopic (exact) mass is 410 g/mol. The lowest BCUT2D eigenvalue weighted by atomic mass is 10.1. The Morgan fingerprint density at radius 2 is 1.68 bits per heavy atom. The summed E-state index contributed by atoms with van der Waals surface area (Å²) >= 11 is 0. The zero-order chi connectivity index (χ0) is 20.6. The second kappa shape index (κ2) is 10.6. The molecule has 1 amide bonds. The van der Waals surface area contributed by atoms with Gasteiger partial charge >= 0.3 is 5.97 Å². The van der Waals surface area contributed by atoms with E-state index in [1.54, 1.807) is 42.4 Å². The highest BCUT2D eigenvalue weighted by Crippen LogP contribution is 2.21. The molecule has 0 spiro atoms. The molecule has 28 heavy (non-hydrogen) atoms. The van der Waals surface area contributed by atoms with Gasteiger partial charge in [0.15, 0.2) is 0 Å². The average Bonchev–Trinajstić information content (AvgIpc) is 2.94. The summed E-state index contributed by atoms with van der Waals surface area (Å²) in [6.45, 7) is 4.49. The largest absolute Gasteiger partial charge is 0.462 e. The number of nitrogens with zero attached hydrogens (tertiary/aromatic N) is 1. The smallest absolute Gasteiger partial charge is 0.325 e. The molecule has 0 aromatic heterocycles. The molecule has 156 valence electrons. The molecular formula is C20H30N2O5S. The van der Waals surface area contributed by atoms with Crippen molar-refractivity contribution in [2.45, 2.75) is 63.4 Å². The fraction of sp³-hybridized carbons (Fsp3) is 0.600. The van der Waals surface area contributed by atoms with E-state index in [2.05, 4.69) is 5.32 Å². The molecule has 1 aromatic rings. The van der Waals surface area contributed by atoms with Crippen molar-refractivity contribution in [3.8, 4) is 0 Å². The second-order valence-corrected chi connectivity index (χ2v) is 9.22. The van der Waals surface area contributed by atoms with Crippen molar-refractivity contribution in [2.75, 3.05) is 19.6 Å². The van der Waals surface area contributed by atoms with Crippen LogP contribution >= 0.6 is 0 Å². The van der Waals surface area contributed by atoms with Gasteiger partial charge in [-0.25, -0.2) is 8.42 Å². The van der Waals surface area contributed by atoms with Crippen LogP contribution in [0.4, 0.5) is 0 Å². The maximum atomic E-state index is 12.8. The van der Waals surface area contributed by atoms with Crippen molar-refractivity contribution >= 4 is 21.9 Å². The van der Waals surface area contributed by atoms with Crippen LogP contribution in [0.1, 0.15) is 51.5 Å². The van der Waals surface area contributed by atoms with Gasteiger partial charge in [-0.2, -0.15) is 4.31 Å². The number of hydrogen-bond acceptors (Lipinski definition) is 5. The first-order chi connectivity index (χ1) is 13.3. The second-order valence-electron chi connectivity index (χ2n) is 7.28. The Kier molecular flexibility index (Phi) is 8.44. The van der Waals surface area contributed by atoms with E-state index in [9.17, 15) is 18.0 Å². The van der Waals surface area contributed by atoms with Crippen LogP contribution in [0.3, 0.4) is 0 Å². The molecule has 0 unspecified atom stereocenters. The number of carbonyl (C=O) groups excluding carboxylic acids is 2. The standard InChI is InChI=1S/C20H30N2O5S/c1-16(2)27-20(24)15-21-19(23)12-9-17-7-10-18(11-8-17)28(25,26)22-13-5-3-4-6-14-22/h7-8,10-11,16H,3-6,9,12-15H2,1-2H3,(H,21,23). The van der Waals surface area contributed by atoms with Crippen LogP contribution in [0.25, 0.3) is 0 Å². The molecule has 8 heteroatoms. The molecule has 1 fully saturated rings. The SMILES string of the molecule is CC(C)OC(=O)CNC(=O)CCc1ccc(S(=O)(=O)N2CCCCCC2)cc1. The third-order valence-corrected chi connectivity index (χ3v) is 6.48. The number of benzene rings is 1. The molecule has 0 aliphatic carbocycles. The Hall–Kier alpha value is -1.93. The van der Waals surface area contributed by atoms with Crippen LogP contribution in [0.15, 0.2) is 29.2 Å². The molecule has 1 aliphatic rings. The highest BCUT2D eigenvalue weighted by Gasteiger charge is 2.24. The summed E-state index contributed by atoms with van der Waals surface area (Å²) in [5.41, 5.74) is 0.870. The maximum Gasteiger partial charge on any atom is 0.325 e. The van der Waals surface area contributed by atoms with Crippen LogP contribution in [0.5, 0.6) is 0 Å². The van der Waals surface area contributed by atoms with Gasteiger partial charge in [0.25, 0.3) is 0 Å². The van der Waals surface area contributed by atoms with E-state index in [0.29, 0.717) is 24.4 Å². The number of aryl methyl sites for hydroxylation is 1. The number of ether oxygens (including phenoxy) is 1. The van der Waals surface area contributed by atoms with Gasteiger partial charge in [0.05, 0.1) is 11.0 Å². The van der Waals surface area contributed by atoms with Gasteiger partial charge in [-0.05, 0) is 50.8 Å². The van der Waals surface area contributed by atoms with Crippen molar-refractivity contribution in [1.82, 2.24) is 9.62 Å². The highest BCUT2D eigenvalue weighted by atomic mass is 32.2. The minimum atomic E-state index is -3.46. The molecule has 0 bridgehead atoms. The number of carbonyl (C=O) groups is 2. The van der Waals surface area contributed by atoms with Gasteiger partial charge in [-0.15, -0.1) is 0 Å². The number of hydrogen-bond donors (Lipinski definition) is 1. The number of sulfonamides is 1. The van der Waals surface area contributed by atoms with E-state index in [1.165, 1.54) is 0 Å². The van der Waals surface area contributed by atoms with Gasteiger partial charge in [0, 0.05) is 19.5 Å². The normalized spacial score (nSPS) is 15.8. The third kappa shape index (κ3) is 6.91. The number of nitrogens with one attached hydrogen (secondary N) is 1. The van der Waals surface area contributed by atoms with Crippen LogP contribution in [-0.4, -0.2) is 50.3 Å². The van der Waals surface area contributed by atoms with E-state index in [0.717, 1.165) is 31.2 Å². The predicted octanol–water partition coefficient (Wildman–Crippen LogP) is 2.25. The predicted molar refractivity (Wildman–Crippen MR) is 106 cm³/mol. The fourth-order valence-electron chi connectivity index (χ4n) is 3.08. The van der Waals surface area contributed by atoms with E-state index in [1.807, 2.05) is 0 Å². The van der Waals surface area contributed by atoms with Gasteiger partial charge in [0.1, 0.15) is 6.54 Å². The molecule has 1 aliphatic heterocycles. The number of amides is 1. The van der Waals surface area contributed by atoms with Crippen molar-refractivity contribution in [2.24, 2.45) is 0 Å². The van der Waals surface area contributed by atoms with E-state index < -0.39 is 16.0 Å². The molecule has 0 saturated carbocycles. The minimum absolute atomic E-state index is 0.149. The molecule has 7 nitrogen and oxygen atoms in total. The van der Waals surface area contributed by atoms with E-state index in [4.69, 9.17) is 4.74 Å². The maximum absolute atomic E-state index is 12.8. The molecule has 1 heterocycles. The Balaban J connectivity index is 1.85. The summed E-state index contributed by atoms with van der Waals surface area (Å²) in [5.74, 6) is -0.714. The number of rotatable bonds is 8. The summed E-state index contributed by atoms with van der Waals surface area (Å²) < 4.78 is 32.0. The minimum Gasteiger partial charge on any atom is -0.462 e. The zero-order valence-electron chi connectivity index (χ0n) is 16.6. The Bertz CT molecular complexity index is 751. The van der Waals surface area contributed by atoms with E-state index in [-0.39, 0.29) is 25.0 Å². The topological polar surface area (TPSA) is 92.8 Å². The van der Waals surface area contributed by atoms with Crippen LogP contribution in [0, 0.1) is 0 Å². The number of esters is 1. The van der Waals surface area contributed by atoms with Crippen molar-refractivity contribution in [3.05, 3.63) is 29.8 Å². The lowest BCUT2D eigenvalue weighted by Crippen LogP contribution is -2.32. The summed E-state index contributed by atoms with van der Waals surface area (Å²) in [6.07, 6.45) is 4.41. The van der Waals surface area contributed by atoms with Crippen molar-refractivity contribution in [3.63, 3.8) is 0 Å². The van der Waals surface area contributed by atoms with Gasteiger partial charge in [-0.1, -0.05) is 25.0 Å². The van der Waals surface area contributed by atoms with Gasteiger partial charge < -0.3 is 10.1 Å². The summed E-state index contributed by atoms with van der Waals surface area (Å²) in [4.78, 5) is 23.6. The van der Waals surface area contributed by atoms with Gasteiger partial charge in [-0.3, -0.25) is 9.59 Å². The molecule has 0 radical (unpaired) electrons. The molecule has 0 atom stereocenters. The third-order valence-electron chi connectivity index (χ3n) is 4.56. The molecular weight excluding hydrogens is 380 g/mol. The summed E-state index contributed by atoms with van der Waals surface area (Å²) in [7, 11) is -3.46. The van der Waals surface area contributed by atoms with E-state index >= 15 is 0 Å². The zero-order valence-corrected chi connectivity index (χ0v) is 17.5. The van der Waals surface area contributed by atoms with Gasteiger partial charge in [0.2, 0.25) is 15.9 Å². The fourth-order valence-corrected chi connectivity index (χ4v) is 4.60. The first kappa shape index (κ1) is 22.4. The Morgan fingerprint density at radius 3 is 2.25 bits per heavy atom. The van der Waals surface area contributed by atoms with Crippen LogP contribution in [-0.2, 0) is 30.8 Å². The molecule has 1 aromatic carbocycles. The van der Waals surface area contributed by atoms with Crippen molar-refractivity contribution in [1.29, 1.82) is 0 Å².